The van der Waals surface area contributed by atoms with E-state index in [1.165, 1.54) is 43.8 Å². The van der Waals surface area contributed by atoms with E-state index in [0.717, 1.165) is 199 Å². The molecular formula is C110H85N10O5+5. The molecule has 0 fully saturated rings. The molecule has 0 saturated heterocycles. The zero-order valence-corrected chi connectivity index (χ0v) is 70.8. The number of hydrogen-bond acceptors (Lipinski definition) is 10. The average molecular weight is 1630 g/mol. The minimum absolute atomic E-state index is 0.694. The molecule has 0 saturated carbocycles. The zero-order chi connectivity index (χ0) is 84.8. The van der Waals surface area contributed by atoms with E-state index in [1.807, 2.05) is 136 Å². The monoisotopic (exact) mass is 1630 g/mol. The van der Waals surface area contributed by atoms with Gasteiger partial charge >= 0.3 is 0 Å². The summed E-state index contributed by atoms with van der Waals surface area (Å²) < 4.78 is 42.2. The maximum Gasteiger partial charge on any atom is 0.227 e. The highest BCUT2D eigenvalue weighted by Crippen LogP contribution is 2.46. The van der Waals surface area contributed by atoms with Crippen LogP contribution in [0.25, 0.3) is 220 Å². The van der Waals surface area contributed by atoms with Crippen LogP contribution in [0.2, 0.25) is 0 Å². The summed E-state index contributed by atoms with van der Waals surface area (Å²) >= 11 is 0. The molecule has 0 atom stereocenters. The molecule has 15 heterocycles. The largest absolute Gasteiger partial charge is 0.455 e. The number of aryl methyl sites for hydroxylation is 10. The molecule has 0 amide bonds. The summed E-state index contributed by atoms with van der Waals surface area (Å²) in [6, 6.07) is 91.9. The smallest absolute Gasteiger partial charge is 0.227 e. The van der Waals surface area contributed by atoms with Gasteiger partial charge in [-0.05, 0) is 157 Å². The van der Waals surface area contributed by atoms with Crippen molar-refractivity contribution in [3.05, 3.63) is 363 Å². The maximum absolute atomic E-state index is 6.35. The van der Waals surface area contributed by atoms with Crippen LogP contribution in [0, 0.1) is 34.6 Å². The van der Waals surface area contributed by atoms with Crippen molar-refractivity contribution in [3.8, 4) is 56.3 Å². The fourth-order valence-corrected chi connectivity index (χ4v) is 18.4. The van der Waals surface area contributed by atoms with Crippen molar-refractivity contribution in [2.24, 2.45) is 35.2 Å². The molecule has 0 aliphatic carbocycles. The van der Waals surface area contributed by atoms with Crippen LogP contribution in [-0.4, -0.2) is 24.9 Å². The van der Waals surface area contributed by atoms with Crippen LogP contribution in [0.4, 0.5) is 0 Å². The van der Waals surface area contributed by atoms with Crippen molar-refractivity contribution < 1.29 is 44.9 Å². The summed E-state index contributed by atoms with van der Waals surface area (Å²) in [5, 5.41) is 20.6. The molecule has 0 N–H and O–H groups in total. The fourth-order valence-electron chi connectivity index (χ4n) is 18.4. The zero-order valence-electron chi connectivity index (χ0n) is 70.8. The number of hydrogen-bond donors (Lipinski definition) is 0. The van der Waals surface area contributed by atoms with Gasteiger partial charge in [-0.1, -0.05) is 127 Å². The molecule has 0 spiro atoms. The molecule has 0 aliphatic rings. The van der Waals surface area contributed by atoms with E-state index in [0.29, 0.717) is 5.71 Å². The number of furan rings is 5. The highest BCUT2D eigenvalue weighted by Gasteiger charge is 2.28. The highest BCUT2D eigenvalue weighted by atomic mass is 16.3. The summed E-state index contributed by atoms with van der Waals surface area (Å²) in [6.45, 7) is 10.6. The second-order valence-electron chi connectivity index (χ2n) is 32.2. The lowest BCUT2D eigenvalue weighted by Gasteiger charge is -2.05. The first-order valence-electron chi connectivity index (χ1n) is 41.9. The SMILES string of the molecule is Cc1ccc2c(oc3ccc4cnccc4c32)c1-c1cccc[n+]1C.Cc1ccc2c(oc3ccc4ncccc4c32)c1-c1cccc[n+]1C.Cc1ccc2c(oc3cnc4ccccc4c32)c1-c1cccc[n+]1C.Cc1ccc2c(oc3ncc4ccccc4c32)c1-c1cccc[n+]1C.Cc1ncc2c(oc3ccc4ccccc4c32)c1-c1cccc[n+]1C. The van der Waals surface area contributed by atoms with Gasteiger partial charge in [-0.15, -0.1) is 0 Å². The molecule has 15 heteroatoms. The quantitative estimate of drug-likeness (QED) is 0.152. The Morgan fingerprint density at radius 2 is 0.592 bits per heavy atom. The van der Waals surface area contributed by atoms with Gasteiger partial charge in [-0.25, -0.2) is 27.8 Å². The van der Waals surface area contributed by atoms with Crippen LogP contribution in [0.5, 0.6) is 0 Å². The Balaban J connectivity index is 0.0000000956. The third kappa shape index (κ3) is 13.1. The van der Waals surface area contributed by atoms with Crippen molar-refractivity contribution in [3.63, 3.8) is 0 Å². The van der Waals surface area contributed by atoms with Crippen molar-refractivity contribution in [1.82, 2.24) is 24.9 Å². The lowest BCUT2D eigenvalue weighted by molar-refractivity contribution is -0.660. The topological polar surface area (TPSA) is 150 Å². The van der Waals surface area contributed by atoms with Crippen molar-refractivity contribution >= 4 is 164 Å². The fraction of sp³-hybridized carbons (Fsp3) is 0.0909. The van der Waals surface area contributed by atoms with Crippen molar-refractivity contribution in [2.75, 3.05) is 0 Å². The van der Waals surface area contributed by atoms with Gasteiger partial charge in [-0.2, -0.15) is 0 Å². The maximum atomic E-state index is 6.35. The van der Waals surface area contributed by atoms with Gasteiger partial charge < -0.3 is 22.1 Å². The molecule has 15 aromatic heterocycles. The number of aromatic nitrogens is 10. The van der Waals surface area contributed by atoms with Crippen LogP contribution in [0.3, 0.4) is 0 Å². The lowest BCUT2D eigenvalue weighted by Crippen LogP contribution is -2.30. The molecule has 25 rings (SSSR count). The Kier molecular flexibility index (Phi) is 19.1. The molecule has 600 valence electrons. The Labute approximate surface area is 718 Å². The second kappa shape index (κ2) is 31.2. The molecule has 0 bridgehead atoms. The summed E-state index contributed by atoms with van der Waals surface area (Å²) in [4.78, 5) is 22.5. The molecule has 0 radical (unpaired) electrons. The summed E-state index contributed by atoms with van der Waals surface area (Å²) in [5.74, 6) is 0. The third-order valence-electron chi connectivity index (χ3n) is 24.6. The first kappa shape index (κ1) is 76.4. The third-order valence-corrected chi connectivity index (χ3v) is 24.6. The number of fused-ring (bicyclic) bond motifs is 25. The Bertz CT molecular complexity index is 7500. The summed E-state index contributed by atoms with van der Waals surface area (Å²) in [6.07, 6.45) is 21.5. The summed E-state index contributed by atoms with van der Waals surface area (Å²) in [7, 11) is 10.3. The molecular weight excluding hydrogens is 1540 g/mol. The van der Waals surface area contributed by atoms with Gasteiger partial charge in [0.1, 0.15) is 74.3 Å². The van der Waals surface area contributed by atoms with E-state index in [2.05, 4.69) is 316 Å². The normalized spacial score (nSPS) is 11.6. The minimum atomic E-state index is 0.694. The van der Waals surface area contributed by atoms with Crippen molar-refractivity contribution in [1.29, 1.82) is 0 Å². The predicted molar refractivity (Wildman–Crippen MR) is 502 cm³/mol. The van der Waals surface area contributed by atoms with E-state index in [9.17, 15) is 0 Å². The van der Waals surface area contributed by atoms with Crippen LogP contribution < -0.4 is 22.8 Å². The first-order valence-corrected chi connectivity index (χ1v) is 41.9. The van der Waals surface area contributed by atoms with Crippen LogP contribution >= 0.6 is 0 Å². The first-order chi connectivity index (χ1) is 61.2. The number of benzene rings is 10. The predicted octanol–water partition coefficient (Wildman–Crippen LogP) is 24.7. The van der Waals surface area contributed by atoms with Crippen LogP contribution in [0.15, 0.2) is 357 Å². The number of rotatable bonds is 5. The van der Waals surface area contributed by atoms with E-state index >= 15 is 0 Å². The van der Waals surface area contributed by atoms with E-state index in [1.54, 1.807) is 0 Å². The van der Waals surface area contributed by atoms with Gasteiger partial charge in [-0.3, -0.25) is 19.9 Å². The molecule has 10 aromatic carbocycles. The van der Waals surface area contributed by atoms with E-state index in [4.69, 9.17) is 22.1 Å². The van der Waals surface area contributed by atoms with Gasteiger partial charge in [0.2, 0.25) is 34.2 Å². The van der Waals surface area contributed by atoms with Gasteiger partial charge in [0.05, 0.1) is 50.6 Å². The molecule has 0 unspecified atom stereocenters. The van der Waals surface area contributed by atoms with Gasteiger partial charge in [0.25, 0.3) is 0 Å². The number of pyridine rings is 10. The van der Waals surface area contributed by atoms with Gasteiger partial charge in [0, 0.05) is 162 Å². The van der Waals surface area contributed by atoms with Gasteiger partial charge in [0.15, 0.2) is 47.7 Å². The van der Waals surface area contributed by atoms with E-state index < -0.39 is 0 Å². The lowest BCUT2D eigenvalue weighted by atomic mass is 9.99. The average Bonchev–Trinajstić information content (AvgIpc) is 1.62. The highest BCUT2D eigenvalue weighted by molar-refractivity contribution is 6.25. The standard InChI is InChI=1S/5C22H17N2O/c1-14-8-9-16-21-15-6-5-12-23-17(15)10-11-19(21)25-22(16)20(14)18-7-3-4-13-24(18)2;1-14-20(18-9-5-6-12-24(18)2)22-17(13-23-14)21-16-8-4-3-7-15(16)10-11-19(21)25-22;1-14-10-11-16-21-15-7-3-4-8-17(15)23-13-19(21)25-22(16)20(14)18-9-5-6-12-24(18)2;1-14-10-11-17-20-16-8-4-3-7-15(16)13-23-22(20)25-21(17)19(14)18-9-5-6-12-24(18)2;1-14-6-8-17-21-16-10-11-23-13-15(16)7-9-19(21)25-22(17)20(14)18-5-3-4-12-24(18)2/h5*3-13H,1-2H3/q5*+1. The van der Waals surface area contributed by atoms with Crippen molar-refractivity contribution in [2.45, 2.75) is 34.6 Å². The molecule has 15 nitrogen and oxygen atoms in total. The molecule has 25 aromatic rings. The van der Waals surface area contributed by atoms with Crippen LogP contribution in [0.1, 0.15) is 27.9 Å². The Morgan fingerprint density at radius 1 is 0.224 bits per heavy atom. The molecule has 0 aliphatic heterocycles. The Morgan fingerprint density at radius 3 is 1.11 bits per heavy atom. The number of nitrogens with zero attached hydrogens (tertiary/aromatic N) is 10. The summed E-state index contributed by atoms with van der Waals surface area (Å²) in [5.41, 5.74) is 27.9. The molecule has 125 heavy (non-hydrogen) atoms. The second-order valence-corrected chi connectivity index (χ2v) is 32.2. The van der Waals surface area contributed by atoms with Crippen LogP contribution in [-0.2, 0) is 35.2 Å². The minimum Gasteiger partial charge on any atom is -0.455 e. The van der Waals surface area contributed by atoms with E-state index in [-0.39, 0.29) is 0 Å². The number of para-hydroxylation sites is 1. The Hall–Kier alpha value is -16.0.